The summed E-state index contributed by atoms with van der Waals surface area (Å²) in [6.07, 6.45) is 0. The number of rotatable bonds is 8. The summed E-state index contributed by atoms with van der Waals surface area (Å²) in [6, 6.07) is 96.8. The van der Waals surface area contributed by atoms with Crippen molar-refractivity contribution in [3.8, 4) is 50.2 Å². The highest BCUT2D eigenvalue weighted by Gasteiger charge is 2.21. The fourth-order valence-electron chi connectivity index (χ4n) is 11.1. The van der Waals surface area contributed by atoms with Crippen LogP contribution in [-0.2, 0) is 0 Å². The van der Waals surface area contributed by atoms with E-state index in [0.29, 0.717) is 0 Å². The number of anilines is 3. The number of aromatic nitrogens is 1. The van der Waals surface area contributed by atoms with Crippen LogP contribution < -0.4 is 4.90 Å². The smallest absolute Gasteiger partial charge is 0.143 e. The second-order valence-corrected chi connectivity index (χ2v) is 18.4. The zero-order valence-electron chi connectivity index (χ0n) is 38.7. The molecule has 0 aliphatic rings. The molecule has 0 saturated heterocycles. The molecule has 2 aromatic heterocycles. The maximum absolute atomic E-state index is 6.53. The lowest BCUT2D eigenvalue weighted by Gasteiger charge is -2.29. The lowest BCUT2D eigenvalue weighted by molar-refractivity contribution is 0.670. The van der Waals surface area contributed by atoms with Crippen LogP contribution in [0.4, 0.5) is 17.1 Å². The molecule has 14 rings (SSSR count). The Kier molecular flexibility index (Phi) is 9.53. The molecule has 0 fully saturated rings. The third kappa shape index (κ3) is 6.82. The second-order valence-electron chi connectivity index (χ2n) is 18.4. The van der Waals surface area contributed by atoms with E-state index in [2.05, 4.69) is 264 Å². The van der Waals surface area contributed by atoms with E-state index < -0.39 is 0 Å². The molecule has 0 aliphatic heterocycles. The zero-order chi connectivity index (χ0) is 46.8. The monoisotopic (exact) mass is 904 g/mol. The molecule has 0 radical (unpaired) electrons. The number of furan rings is 1. The molecule has 332 valence electrons. The van der Waals surface area contributed by atoms with Crippen molar-refractivity contribution in [1.29, 1.82) is 0 Å². The number of hydrogen-bond acceptors (Lipinski definition) is 2. The van der Waals surface area contributed by atoms with Gasteiger partial charge in [0.25, 0.3) is 0 Å². The Labute approximate surface area is 411 Å². The highest BCUT2D eigenvalue weighted by Crippen LogP contribution is 2.46. The summed E-state index contributed by atoms with van der Waals surface area (Å²) in [7, 11) is 0. The number of fused-ring (bicyclic) bond motifs is 9. The van der Waals surface area contributed by atoms with Crippen molar-refractivity contribution in [2.75, 3.05) is 4.90 Å². The fraction of sp³-hybridized carbons (Fsp3) is 0. The minimum absolute atomic E-state index is 0.896. The quantitative estimate of drug-likeness (QED) is 0.142. The average Bonchev–Trinajstić information content (AvgIpc) is 4.00. The minimum atomic E-state index is 0.896. The van der Waals surface area contributed by atoms with E-state index in [4.69, 9.17) is 4.42 Å². The van der Waals surface area contributed by atoms with E-state index in [9.17, 15) is 0 Å². The Morgan fingerprint density at radius 3 is 1.59 bits per heavy atom. The predicted molar refractivity (Wildman–Crippen MR) is 299 cm³/mol. The summed E-state index contributed by atoms with van der Waals surface area (Å²) in [6.45, 7) is 0. The molecular weight excluding hydrogens is 861 g/mol. The van der Waals surface area contributed by atoms with E-state index in [1.54, 1.807) is 0 Å². The zero-order valence-corrected chi connectivity index (χ0v) is 38.7. The molecule has 0 atom stereocenters. The van der Waals surface area contributed by atoms with Gasteiger partial charge < -0.3 is 13.9 Å². The van der Waals surface area contributed by atoms with Gasteiger partial charge in [0.2, 0.25) is 0 Å². The fourth-order valence-corrected chi connectivity index (χ4v) is 11.1. The third-order valence-corrected chi connectivity index (χ3v) is 14.4. The number of hydrogen-bond donors (Lipinski definition) is 0. The summed E-state index contributed by atoms with van der Waals surface area (Å²) < 4.78 is 8.92. The molecule has 71 heavy (non-hydrogen) atoms. The van der Waals surface area contributed by atoms with Gasteiger partial charge in [0, 0.05) is 49.7 Å². The first-order valence-corrected chi connectivity index (χ1v) is 24.3. The molecule has 2 heterocycles. The molecular formula is C68H44N2O. The summed E-state index contributed by atoms with van der Waals surface area (Å²) in [5.74, 6) is 0. The standard InChI is InChI=1S/C68H44N2O/c1-2-16-46(17-3-1)55-41-36-50(63-43-49-18-4-5-21-54(49)57-22-6-7-23-58(57)63)44-66(55)69(52-39-34-47(35-40-52)56-27-15-28-62-61-26-10-13-31-67(61)71-68(56)62)51-37-32-45(33-38-51)48-19-14-20-53(42-48)70-64-29-11-8-24-59(64)60-25-9-12-30-65(60)70/h1-44H. The van der Waals surface area contributed by atoms with Gasteiger partial charge in [0.05, 0.1) is 16.7 Å². The summed E-state index contributed by atoms with van der Waals surface area (Å²) in [5.41, 5.74) is 17.6. The van der Waals surface area contributed by atoms with E-state index in [1.165, 1.54) is 48.9 Å². The normalized spacial score (nSPS) is 11.7. The maximum Gasteiger partial charge on any atom is 0.143 e. The number of para-hydroxylation sites is 4. The summed E-state index contributed by atoms with van der Waals surface area (Å²) >= 11 is 0. The van der Waals surface area contributed by atoms with Crippen molar-refractivity contribution in [3.05, 3.63) is 267 Å². The van der Waals surface area contributed by atoms with Gasteiger partial charge in [-0.25, -0.2) is 0 Å². The number of benzene rings is 12. The van der Waals surface area contributed by atoms with E-state index >= 15 is 0 Å². The molecule has 0 spiro atoms. The van der Waals surface area contributed by atoms with Crippen LogP contribution in [0.3, 0.4) is 0 Å². The maximum atomic E-state index is 6.53. The van der Waals surface area contributed by atoms with Gasteiger partial charge in [-0.05, 0) is 122 Å². The van der Waals surface area contributed by atoms with Gasteiger partial charge in [-0.2, -0.15) is 0 Å². The molecule has 0 amide bonds. The van der Waals surface area contributed by atoms with E-state index in [0.717, 1.165) is 83.6 Å². The van der Waals surface area contributed by atoms with Crippen LogP contribution in [0.2, 0.25) is 0 Å². The Hall–Kier alpha value is -9.44. The van der Waals surface area contributed by atoms with Crippen LogP contribution in [0, 0.1) is 0 Å². The predicted octanol–water partition coefficient (Wildman–Crippen LogP) is 19.1. The van der Waals surface area contributed by atoms with Crippen molar-refractivity contribution in [3.63, 3.8) is 0 Å². The Morgan fingerprint density at radius 2 is 0.845 bits per heavy atom. The van der Waals surface area contributed by atoms with Crippen molar-refractivity contribution >= 4 is 82.4 Å². The van der Waals surface area contributed by atoms with Crippen LogP contribution in [0.25, 0.3) is 115 Å². The molecule has 12 aromatic carbocycles. The lowest BCUT2D eigenvalue weighted by Crippen LogP contribution is -2.11. The molecule has 0 N–H and O–H groups in total. The molecule has 3 heteroatoms. The van der Waals surface area contributed by atoms with E-state index in [1.807, 2.05) is 12.1 Å². The minimum Gasteiger partial charge on any atom is -0.455 e. The van der Waals surface area contributed by atoms with Crippen molar-refractivity contribution in [2.45, 2.75) is 0 Å². The Bertz CT molecular complexity index is 4280. The Morgan fingerprint density at radius 1 is 0.296 bits per heavy atom. The van der Waals surface area contributed by atoms with Crippen LogP contribution >= 0.6 is 0 Å². The molecule has 14 aromatic rings. The molecule has 0 saturated carbocycles. The highest BCUT2D eigenvalue weighted by atomic mass is 16.3. The molecule has 0 bridgehead atoms. The average molecular weight is 905 g/mol. The van der Waals surface area contributed by atoms with Gasteiger partial charge in [0.1, 0.15) is 11.2 Å². The van der Waals surface area contributed by atoms with Crippen LogP contribution in [0.1, 0.15) is 0 Å². The molecule has 3 nitrogen and oxygen atoms in total. The SMILES string of the molecule is c1ccc(-c2ccc(-c3cc4ccccc4c4ccccc34)cc2N(c2ccc(-c3cccc(-n4c5ccccc5c5ccccc54)c3)cc2)c2ccc(-c3cccc4c3oc3ccccc34)cc2)cc1. The summed E-state index contributed by atoms with van der Waals surface area (Å²) in [4.78, 5) is 2.43. The summed E-state index contributed by atoms with van der Waals surface area (Å²) in [5, 5.41) is 9.72. The molecule has 0 aliphatic carbocycles. The highest BCUT2D eigenvalue weighted by molar-refractivity contribution is 6.14. The van der Waals surface area contributed by atoms with Crippen molar-refractivity contribution in [2.24, 2.45) is 0 Å². The Balaban J connectivity index is 0.941. The largest absolute Gasteiger partial charge is 0.455 e. The first kappa shape index (κ1) is 40.6. The molecule has 0 unspecified atom stereocenters. The van der Waals surface area contributed by atoms with Crippen LogP contribution in [0.15, 0.2) is 271 Å². The number of nitrogens with zero attached hydrogens (tertiary/aromatic N) is 2. The first-order chi connectivity index (χ1) is 35.2. The third-order valence-electron chi connectivity index (χ3n) is 14.4. The van der Waals surface area contributed by atoms with Crippen molar-refractivity contribution < 1.29 is 4.42 Å². The van der Waals surface area contributed by atoms with Gasteiger partial charge in [-0.1, -0.05) is 200 Å². The van der Waals surface area contributed by atoms with Crippen LogP contribution in [-0.4, -0.2) is 4.57 Å². The van der Waals surface area contributed by atoms with Gasteiger partial charge >= 0.3 is 0 Å². The first-order valence-electron chi connectivity index (χ1n) is 24.3. The second kappa shape index (κ2) is 16.7. The van der Waals surface area contributed by atoms with Gasteiger partial charge in [-0.3, -0.25) is 0 Å². The van der Waals surface area contributed by atoms with Crippen molar-refractivity contribution in [1.82, 2.24) is 4.57 Å². The topological polar surface area (TPSA) is 21.3 Å². The lowest BCUT2D eigenvalue weighted by atomic mass is 9.91. The van der Waals surface area contributed by atoms with Gasteiger partial charge in [0.15, 0.2) is 0 Å². The van der Waals surface area contributed by atoms with Crippen LogP contribution in [0.5, 0.6) is 0 Å². The van der Waals surface area contributed by atoms with E-state index in [-0.39, 0.29) is 0 Å². The van der Waals surface area contributed by atoms with Gasteiger partial charge in [-0.15, -0.1) is 0 Å².